The molecular formula is C13H16BrFN4. The van der Waals surface area contributed by atoms with Gasteiger partial charge in [0, 0.05) is 25.6 Å². The minimum atomic E-state index is -0.274. The van der Waals surface area contributed by atoms with E-state index in [1.165, 1.54) is 6.07 Å². The zero-order valence-corrected chi connectivity index (χ0v) is 12.7. The van der Waals surface area contributed by atoms with Gasteiger partial charge in [0.25, 0.3) is 0 Å². The van der Waals surface area contributed by atoms with Crippen LogP contribution >= 0.6 is 15.9 Å². The van der Waals surface area contributed by atoms with Crippen LogP contribution in [0.25, 0.3) is 0 Å². The highest BCUT2D eigenvalue weighted by Gasteiger charge is 2.08. The monoisotopic (exact) mass is 326 g/mol. The normalized spacial score (nSPS) is 10.6. The summed E-state index contributed by atoms with van der Waals surface area (Å²) in [6.07, 6.45) is 1.79. The summed E-state index contributed by atoms with van der Waals surface area (Å²) < 4.78 is 16.4. The lowest BCUT2D eigenvalue weighted by atomic mass is 10.3. The molecule has 0 radical (unpaired) electrons. The van der Waals surface area contributed by atoms with E-state index in [-0.39, 0.29) is 5.82 Å². The molecule has 0 atom stereocenters. The molecule has 0 aliphatic rings. The summed E-state index contributed by atoms with van der Waals surface area (Å²) in [5.41, 5.74) is 1.47. The highest BCUT2D eigenvalue weighted by atomic mass is 79.9. The largest absolute Gasteiger partial charge is 0.377 e. The molecule has 0 aliphatic heterocycles. The fourth-order valence-electron chi connectivity index (χ4n) is 1.83. The van der Waals surface area contributed by atoms with E-state index in [1.54, 1.807) is 18.3 Å². The number of hydrogen-bond donors (Lipinski definition) is 1. The Bertz CT molecular complexity index is 580. The molecule has 0 aliphatic carbocycles. The highest BCUT2D eigenvalue weighted by Crippen LogP contribution is 2.20. The third-order valence-corrected chi connectivity index (χ3v) is 3.34. The van der Waals surface area contributed by atoms with Crippen molar-refractivity contribution in [3.8, 4) is 0 Å². The molecule has 0 bridgehead atoms. The molecule has 0 fully saturated rings. The molecule has 102 valence electrons. The first kappa shape index (κ1) is 13.9. The van der Waals surface area contributed by atoms with Gasteiger partial charge in [0.2, 0.25) is 5.95 Å². The van der Waals surface area contributed by atoms with Crippen molar-refractivity contribution in [3.63, 3.8) is 0 Å². The van der Waals surface area contributed by atoms with E-state index >= 15 is 0 Å². The van der Waals surface area contributed by atoms with E-state index in [1.807, 2.05) is 30.6 Å². The Labute approximate surface area is 120 Å². The van der Waals surface area contributed by atoms with Crippen LogP contribution in [0.5, 0.6) is 0 Å². The van der Waals surface area contributed by atoms with E-state index in [9.17, 15) is 4.39 Å². The summed E-state index contributed by atoms with van der Waals surface area (Å²) in [7, 11) is 5.82. The quantitative estimate of drug-likeness (QED) is 0.937. The Balaban J connectivity index is 2.10. The molecule has 0 amide bonds. The van der Waals surface area contributed by atoms with E-state index in [0.717, 1.165) is 16.1 Å². The zero-order valence-electron chi connectivity index (χ0n) is 11.1. The number of anilines is 2. The van der Waals surface area contributed by atoms with Gasteiger partial charge in [-0.25, -0.2) is 9.37 Å². The van der Waals surface area contributed by atoms with Crippen molar-refractivity contribution in [2.75, 3.05) is 24.3 Å². The average Bonchev–Trinajstić information content (AvgIpc) is 2.70. The van der Waals surface area contributed by atoms with Gasteiger partial charge >= 0.3 is 0 Å². The summed E-state index contributed by atoms with van der Waals surface area (Å²) in [4.78, 5) is 6.25. The number of imidazole rings is 1. The van der Waals surface area contributed by atoms with Gasteiger partial charge in [0.15, 0.2) is 0 Å². The second-order valence-corrected chi connectivity index (χ2v) is 5.40. The second-order valence-electron chi connectivity index (χ2n) is 4.48. The van der Waals surface area contributed by atoms with Crippen LogP contribution < -0.4 is 10.2 Å². The van der Waals surface area contributed by atoms with Crippen LogP contribution in [0.15, 0.2) is 28.9 Å². The number of nitrogens with one attached hydrogen (secondary N) is 1. The minimum absolute atomic E-state index is 0.274. The molecule has 0 saturated heterocycles. The second kappa shape index (κ2) is 5.61. The Morgan fingerprint density at radius 3 is 2.74 bits per heavy atom. The van der Waals surface area contributed by atoms with Crippen LogP contribution in [0, 0.1) is 5.82 Å². The first-order valence-corrected chi connectivity index (χ1v) is 6.65. The summed E-state index contributed by atoms with van der Waals surface area (Å²) >= 11 is 3.24. The molecule has 4 nitrogen and oxygen atoms in total. The third kappa shape index (κ3) is 3.07. The lowest BCUT2D eigenvalue weighted by Gasteiger charge is -2.13. The Morgan fingerprint density at radius 1 is 1.42 bits per heavy atom. The maximum absolute atomic E-state index is 13.7. The molecular weight excluding hydrogens is 311 g/mol. The van der Waals surface area contributed by atoms with Gasteiger partial charge in [-0.1, -0.05) is 15.9 Å². The van der Waals surface area contributed by atoms with Crippen molar-refractivity contribution in [2.45, 2.75) is 6.54 Å². The predicted molar refractivity (Wildman–Crippen MR) is 79.0 cm³/mol. The average molecular weight is 327 g/mol. The minimum Gasteiger partial charge on any atom is -0.377 e. The van der Waals surface area contributed by atoms with E-state index < -0.39 is 0 Å². The van der Waals surface area contributed by atoms with Crippen molar-refractivity contribution in [1.29, 1.82) is 0 Å². The molecule has 0 spiro atoms. The summed E-state index contributed by atoms with van der Waals surface area (Å²) in [5, 5.41) is 3.07. The van der Waals surface area contributed by atoms with Crippen molar-refractivity contribution in [2.24, 2.45) is 7.05 Å². The topological polar surface area (TPSA) is 33.1 Å². The van der Waals surface area contributed by atoms with Gasteiger partial charge in [-0.3, -0.25) is 0 Å². The third-order valence-electron chi connectivity index (χ3n) is 2.85. The smallest absolute Gasteiger partial charge is 0.204 e. The number of hydrogen-bond acceptors (Lipinski definition) is 3. The van der Waals surface area contributed by atoms with Crippen LogP contribution in [0.2, 0.25) is 0 Å². The van der Waals surface area contributed by atoms with Gasteiger partial charge in [0.1, 0.15) is 5.82 Å². The summed E-state index contributed by atoms with van der Waals surface area (Å²) in [6.45, 7) is 0.524. The van der Waals surface area contributed by atoms with E-state index in [4.69, 9.17) is 0 Å². The number of halogens is 2. The molecule has 19 heavy (non-hydrogen) atoms. The Hall–Kier alpha value is -1.56. The molecule has 0 unspecified atom stereocenters. The zero-order chi connectivity index (χ0) is 14.0. The maximum atomic E-state index is 13.7. The van der Waals surface area contributed by atoms with Gasteiger partial charge in [-0.15, -0.1) is 0 Å². The maximum Gasteiger partial charge on any atom is 0.204 e. The first-order valence-electron chi connectivity index (χ1n) is 5.86. The van der Waals surface area contributed by atoms with Crippen molar-refractivity contribution in [3.05, 3.63) is 40.4 Å². The Kier molecular flexibility index (Phi) is 4.09. The molecule has 1 aromatic carbocycles. The van der Waals surface area contributed by atoms with Gasteiger partial charge in [0.05, 0.1) is 24.1 Å². The molecule has 1 heterocycles. The number of nitrogens with zero attached hydrogens (tertiary/aromatic N) is 3. The Morgan fingerprint density at radius 2 is 2.16 bits per heavy atom. The van der Waals surface area contributed by atoms with Crippen LogP contribution in [-0.2, 0) is 13.6 Å². The predicted octanol–water partition coefficient (Wildman–Crippen LogP) is 3.00. The molecule has 6 heteroatoms. The fraction of sp³-hybridized carbons (Fsp3) is 0.308. The van der Waals surface area contributed by atoms with Crippen molar-refractivity contribution < 1.29 is 4.39 Å². The number of aromatic nitrogens is 2. The fourth-order valence-corrected chi connectivity index (χ4v) is 2.17. The van der Waals surface area contributed by atoms with Crippen LogP contribution in [0.1, 0.15) is 5.69 Å². The summed E-state index contributed by atoms with van der Waals surface area (Å²) in [5.74, 6) is 0.595. The van der Waals surface area contributed by atoms with Crippen LogP contribution in [-0.4, -0.2) is 23.6 Å². The highest BCUT2D eigenvalue weighted by molar-refractivity contribution is 9.10. The summed E-state index contributed by atoms with van der Waals surface area (Å²) in [6, 6.07) is 4.96. The SMILES string of the molecule is CN(C)c1ncc(CNc2ccc(Br)cc2F)n1C. The lowest BCUT2D eigenvalue weighted by Crippen LogP contribution is -2.15. The number of rotatable bonds is 4. The lowest BCUT2D eigenvalue weighted by molar-refractivity contribution is 0.629. The van der Waals surface area contributed by atoms with Crippen molar-refractivity contribution in [1.82, 2.24) is 9.55 Å². The van der Waals surface area contributed by atoms with Crippen LogP contribution in [0.4, 0.5) is 16.0 Å². The van der Waals surface area contributed by atoms with E-state index in [0.29, 0.717) is 12.2 Å². The molecule has 2 rings (SSSR count). The molecule has 0 saturated carbocycles. The first-order chi connectivity index (χ1) is 8.99. The molecule has 1 aromatic heterocycles. The van der Waals surface area contributed by atoms with Gasteiger partial charge in [-0.2, -0.15) is 0 Å². The number of benzene rings is 1. The standard InChI is InChI=1S/C13H16BrFN4/c1-18(2)13-17-8-10(19(13)3)7-16-12-5-4-9(14)6-11(12)15/h4-6,8,16H,7H2,1-3H3. The molecule has 2 aromatic rings. The van der Waals surface area contributed by atoms with Crippen LogP contribution in [0.3, 0.4) is 0 Å². The molecule has 1 N–H and O–H groups in total. The van der Waals surface area contributed by atoms with E-state index in [2.05, 4.69) is 26.2 Å². The van der Waals surface area contributed by atoms with Gasteiger partial charge < -0.3 is 14.8 Å². The van der Waals surface area contributed by atoms with Crippen molar-refractivity contribution >= 4 is 27.6 Å². The van der Waals surface area contributed by atoms with Gasteiger partial charge in [-0.05, 0) is 18.2 Å².